The van der Waals surface area contributed by atoms with Crippen LogP contribution in [0.15, 0.2) is 0 Å². The van der Waals surface area contributed by atoms with Crippen LogP contribution in [0.2, 0.25) is 0 Å². The first-order valence-corrected chi connectivity index (χ1v) is 5.91. The van der Waals surface area contributed by atoms with Crippen LogP contribution in [0.25, 0.3) is 0 Å². The Morgan fingerprint density at radius 3 is 2.46 bits per heavy atom. The van der Waals surface area contributed by atoms with Gasteiger partial charge in [0, 0.05) is 13.1 Å². The maximum atomic E-state index is 11.4. The van der Waals surface area contributed by atoms with E-state index in [-0.39, 0.29) is 18.0 Å². The van der Waals surface area contributed by atoms with Gasteiger partial charge in [-0.3, -0.25) is 4.79 Å². The fourth-order valence-electron chi connectivity index (χ4n) is 1.02. The van der Waals surface area contributed by atoms with Gasteiger partial charge in [0.1, 0.15) is 0 Å². The second-order valence-electron chi connectivity index (χ2n) is 3.37. The fourth-order valence-corrected chi connectivity index (χ4v) is 1.60. The zero-order valence-electron chi connectivity index (χ0n) is 8.91. The predicted octanol–water partition coefficient (Wildman–Crippen LogP) is 0.934. The lowest BCUT2D eigenvalue weighted by molar-refractivity contribution is -0.132. The van der Waals surface area contributed by atoms with Crippen molar-refractivity contribution in [2.24, 2.45) is 5.73 Å². The quantitative estimate of drug-likeness (QED) is 0.725. The Kier molecular flexibility index (Phi) is 6.16. The van der Waals surface area contributed by atoms with Gasteiger partial charge in [0.25, 0.3) is 0 Å². The average Bonchev–Trinajstić information content (AvgIpc) is 2.11. The van der Waals surface area contributed by atoms with E-state index in [1.54, 1.807) is 23.6 Å². The van der Waals surface area contributed by atoms with Gasteiger partial charge in [-0.25, -0.2) is 0 Å². The number of carbonyl (C=O) groups is 1. The summed E-state index contributed by atoms with van der Waals surface area (Å²) in [6.07, 6.45) is 3.09. The largest absolute Gasteiger partial charge is 0.342 e. The second kappa shape index (κ2) is 6.27. The summed E-state index contributed by atoms with van der Waals surface area (Å²) in [6, 6.07) is -0.104. The molecule has 0 rings (SSSR count). The monoisotopic (exact) mass is 204 g/mol. The van der Waals surface area contributed by atoms with Gasteiger partial charge < -0.3 is 10.6 Å². The fraction of sp³-hybridized carbons (Fsp3) is 0.889. The normalized spacial score (nSPS) is 15.2. The number of hydrogen-bond donors (Lipinski definition) is 1. The molecule has 0 spiro atoms. The summed E-state index contributed by atoms with van der Waals surface area (Å²) in [6.45, 7) is 3.77. The minimum Gasteiger partial charge on any atom is -0.342 e. The van der Waals surface area contributed by atoms with Crippen molar-refractivity contribution in [3.05, 3.63) is 0 Å². The summed E-state index contributed by atoms with van der Waals surface area (Å²) in [5, 5.41) is 0. The Bertz CT molecular complexity index is 162. The molecule has 78 valence electrons. The molecule has 2 N–H and O–H groups in total. The smallest absolute Gasteiger partial charge is 0.239 e. The summed E-state index contributed by atoms with van der Waals surface area (Å²) in [5.41, 5.74) is 5.51. The highest BCUT2D eigenvalue weighted by atomic mass is 32.2. The molecule has 0 aromatic heterocycles. The molecule has 1 unspecified atom stereocenters. The molecular weight excluding hydrogens is 184 g/mol. The number of hydrogen-bond acceptors (Lipinski definition) is 3. The van der Waals surface area contributed by atoms with Gasteiger partial charge in [-0.15, -0.1) is 0 Å². The molecule has 0 heterocycles. The molecule has 0 fully saturated rings. The molecule has 0 aliphatic rings. The van der Waals surface area contributed by atoms with E-state index in [0.29, 0.717) is 0 Å². The van der Waals surface area contributed by atoms with Crippen molar-refractivity contribution in [1.29, 1.82) is 0 Å². The number of nitrogens with two attached hydrogens (primary N) is 1. The Balaban J connectivity index is 3.94. The van der Waals surface area contributed by atoms with Crippen molar-refractivity contribution in [3.63, 3.8) is 0 Å². The third kappa shape index (κ3) is 4.52. The van der Waals surface area contributed by atoms with E-state index in [4.69, 9.17) is 5.73 Å². The van der Waals surface area contributed by atoms with Gasteiger partial charge in [-0.1, -0.05) is 0 Å². The minimum atomic E-state index is -0.387. The Morgan fingerprint density at radius 2 is 2.08 bits per heavy atom. The molecule has 4 heteroatoms. The van der Waals surface area contributed by atoms with Crippen LogP contribution in [-0.4, -0.2) is 41.9 Å². The van der Waals surface area contributed by atoms with Crippen LogP contribution in [-0.2, 0) is 4.79 Å². The van der Waals surface area contributed by atoms with E-state index in [1.165, 1.54) is 0 Å². The van der Waals surface area contributed by atoms with Crippen molar-refractivity contribution in [1.82, 2.24) is 4.90 Å². The molecule has 2 atom stereocenters. The number of amides is 1. The summed E-state index contributed by atoms with van der Waals surface area (Å²) in [7, 11) is 1.82. The lowest BCUT2D eigenvalue weighted by Crippen LogP contribution is -2.44. The molecule has 0 aliphatic carbocycles. The zero-order valence-corrected chi connectivity index (χ0v) is 9.73. The lowest BCUT2D eigenvalue weighted by atomic mass is 10.2. The third-order valence-electron chi connectivity index (χ3n) is 2.14. The van der Waals surface area contributed by atoms with Gasteiger partial charge in [0.15, 0.2) is 0 Å². The Hall–Kier alpha value is -0.220. The highest BCUT2D eigenvalue weighted by molar-refractivity contribution is 7.98. The van der Waals surface area contributed by atoms with Crippen LogP contribution < -0.4 is 5.73 Å². The molecule has 13 heavy (non-hydrogen) atoms. The molecule has 0 aromatic carbocycles. The van der Waals surface area contributed by atoms with Gasteiger partial charge >= 0.3 is 0 Å². The molecule has 0 bridgehead atoms. The van der Waals surface area contributed by atoms with Gasteiger partial charge in [-0.05, 0) is 32.3 Å². The van der Waals surface area contributed by atoms with E-state index in [2.05, 4.69) is 13.2 Å². The van der Waals surface area contributed by atoms with Crippen LogP contribution in [0.4, 0.5) is 0 Å². The van der Waals surface area contributed by atoms with Crippen molar-refractivity contribution in [2.75, 3.05) is 19.1 Å². The number of rotatable bonds is 5. The maximum absolute atomic E-state index is 11.4. The Morgan fingerprint density at radius 1 is 1.54 bits per heavy atom. The van der Waals surface area contributed by atoms with Crippen LogP contribution >= 0.6 is 11.8 Å². The van der Waals surface area contributed by atoms with Crippen molar-refractivity contribution >= 4 is 17.7 Å². The van der Waals surface area contributed by atoms with E-state index >= 15 is 0 Å². The topological polar surface area (TPSA) is 46.3 Å². The molecule has 0 saturated carbocycles. The first kappa shape index (κ1) is 12.8. The first-order chi connectivity index (χ1) is 6.00. The number of likely N-dealkylation sites (N-methyl/N-ethyl adjacent to an activating group) is 1. The summed E-state index contributed by atoms with van der Waals surface area (Å²) in [4.78, 5) is 13.2. The van der Waals surface area contributed by atoms with E-state index < -0.39 is 0 Å². The maximum Gasteiger partial charge on any atom is 0.239 e. The van der Waals surface area contributed by atoms with Crippen molar-refractivity contribution in [3.8, 4) is 0 Å². The van der Waals surface area contributed by atoms with Crippen LogP contribution in [0.5, 0.6) is 0 Å². The summed E-state index contributed by atoms with van der Waals surface area (Å²) < 4.78 is 0. The minimum absolute atomic E-state index is 0.0219. The highest BCUT2D eigenvalue weighted by Crippen LogP contribution is 2.06. The molecule has 3 nitrogen and oxygen atoms in total. The van der Waals surface area contributed by atoms with Crippen molar-refractivity contribution < 1.29 is 4.79 Å². The van der Waals surface area contributed by atoms with Crippen LogP contribution in [0.3, 0.4) is 0 Å². The van der Waals surface area contributed by atoms with E-state index in [1.807, 2.05) is 7.05 Å². The summed E-state index contributed by atoms with van der Waals surface area (Å²) in [5.74, 6) is 1.10. The Labute approximate surface area is 85.0 Å². The van der Waals surface area contributed by atoms with E-state index in [0.717, 1.165) is 12.2 Å². The molecular formula is C9H20N2OS. The number of thioether (sulfide) groups is 1. The number of carbonyl (C=O) groups excluding carboxylic acids is 1. The average molecular weight is 204 g/mol. The highest BCUT2D eigenvalue weighted by Gasteiger charge is 2.17. The molecule has 0 aromatic rings. The van der Waals surface area contributed by atoms with Gasteiger partial charge in [0.2, 0.25) is 5.91 Å². The van der Waals surface area contributed by atoms with E-state index in [9.17, 15) is 4.79 Å². The first-order valence-electron chi connectivity index (χ1n) is 4.52. The molecule has 1 amide bonds. The van der Waals surface area contributed by atoms with Gasteiger partial charge in [-0.2, -0.15) is 11.8 Å². The molecule has 0 saturated heterocycles. The predicted molar refractivity (Wildman–Crippen MR) is 58.9 cm³/mol. The standard InChI is InChI=1S/C9H20N2OS/c1-7(5-6-13-4)11(3)9(12)8(2)10/h7-8H,5-6,10H2,1-4H3/t7?,8-/m1/s1. The van der Waals surface area contributed by atoms with Gasteiger partial charge in [0.05, 0.1) is 6.04 Å². The van der Waals surface area contributed by atoms with Crippen LogP contribution in [0, 0.1) is 0 Å². The van der Waals surface area contributed by atoms with Crippen molar-refractivity contribution in [2.45, 2.75) is 32.4 Å². The molecule has 0 radical (unpaired) electrons. The SMILES string of the molecule is CSCCC(C)N(C)C(=O)[C@@H](C)N. The number of nitrogens with zero attached hydrogens (tertiary/aromatic N) is 1. The zero-order chi connectivity index (χ0) is 10.4. The summed E-state index contributed by atoms with van der Waals surface area (Å²) >= 11 is 1.80. The molecule has 0 aliphatic heterocycles. The lowest BCUT2D eigenvalue weighted by Gasteiger charge is -2.26. The third-order valence-corrected chi connectivity index (χ3v) is 2.78. The van der Waals surface area contributed by atoms with Crippen LogP contribution in [0.1, 0.15) is 20.3 Å². The second-order valence-corrected chi connectivity index (χ2v) is 4.35.